The first kappa shape index (κ1) is 23.4. The maximum Gasteiger partial charge on any atom is 0.345 e. The van der Waals surface area contributed by atoms with Gasteiger partial charge < -0.3 is 24.7 Å². The molecule has 0 unspecified atom stereocenters. The molecule has 0 amide bonds. The highest BCUT2D eigenvalue weighted by Gasteiger charge is 2.26. The van der Waals surface area contributed by atoms with Gasteiger partial charge in [0.15, 0.2) is 5.56 Å². The Kier molecular flexibility index (Phi) is 6.26. The molecule has 3 heterocycles. The van der Waals surface area contributed by atoms with E-state index in [4.69, 9.17) is 0 Å². The fourth-order valence-corrected chi connectivity index (χ4v) is 5.07. The quantitative estimate of drug-likeness (QED) is 0.541. The molecule has 1 aromatic carbocycles. The van der Waals surface area contributed by atoms with E-state index in [0.717, 1.165) is 67.6 Å². The van der Waals surface area contributed by atoms with Crippen LogP contribution in [-0.4, -0.2) is 68.8 Å². The number of carboxylic acid groups (broad SMARTS) is 1. The molecule has 0 spiro atoms. The van der Waals surface area contributed by atoms with Crippen LogP contribution in [0.5, 0.6) is 5.75 Å². The maximum absolute atomic E-state index is 12.4. The van der Waals surface area contributed by atoms with Crippen molar-refractivity contribution in [2.45, 2.75) is 25.8 Å². The predicted molar refractivity (Wildman–Crippen MR) is 130 cm³/mol. The van der Waals surface area contributed by atoms with E-state index in [1.54, 1.807) is 0 Å². The molecule has 33 heavy (non-hydrogen) atoms. The number of H-pyrrole nitrogens is 1. The Morgan fingerprint density at radius 3 is 2.52 bits per heavy atom. The molecule has 2 aromatic heterocycles. The number of halogens is 1. The van der Waals surface area contributed by atoms with Gasteiger partial charge in [-0.1, -0.05) is 0 Å². The highest BCUT2D eigenvalue weighted by atomic mass is 35.5. The van der Waals surface area contributed by atoms with Gasteiger partial charge in [0.25, 0.3) is 5.56 Å². The molecule has 0 atom stereocenters. The summed E-state index contributed by atoms with van der Waals surface area (Å²) in [7, 11) is 4.25. The summed E-state index contributed by atoms with van der Waals surface area (Å²) in [6.07, 6.45) is 2.07. The van der Waals surface area contributed by atoms with Crippen molar-refractivity contribution < 1.29 is 15.0 Å². The first-order chi connectivity index (χ1) is 15.3. The monoisotopic (exact) mass is 472 g/mol. The third-order valence-corrected chi connectivity index (χ3v) is 6.99. The molecule has 3 aromatic rings. The first-order valence-corrected chi connectivity index (χ1v) is 11.1. The molecule has 9 heteroatoms. The highest BCUT2D eigenvalue weighted by molar-refractivity contribution is 5.93. The molecular formula is C24H29ClN4O4. The van der Waals surface area contributed by atoms with Gasteiger partial charge in [0.2, 0.25) is 0 Å². The fourth-order valence-electron chi connectivity index (χ4n) is 5.07. The van der Waals surface area contributed by atoms with Crippen molar-refractivity contribution in [1.29, 1.82) is 0 Å². The number of carboxylic acids is 1. The van der Waals surface area contributed by atoms with Crippen molar-refractivity contribution in [2.24, 2.45) is 7.05 Å². The normalized spacial score (nSPS) is 16.7. The predicted octanol–water partition coefficient (Wildman–Crippen LogP) is 2.60. The number of rotatable bonds is 3. The van der Waals surface area contributed by atoms with Crippen molar-refractivity contribution in [3.63, 3.8) is 0 Å². The molecule has 1 saturated heterocycles. The Balaban J connectivity index is 0.00000259. The Morgan fingerprint density at radius 1 is 1.09 bits per heavy atom. The number of likely N-dealkylation sites (N-methyl/N-ethyl adjacent to an activating group) is 1. The minimum absolute atomic E-state index is 0. The van der Waals surface area contributed by atoms with E-state index in [9.17, 15) is 19.8 Å². The van der Waals surface area contributed by atoms with Gasteiger partial charge >= 0.3 is 5.97 Å². The summed E-state index contributed by atoms with van der Waals surface area (Å²) in [5.41, 5.74) is 4.04. The standard InChI is InChI=1S/C24H28N4O4.ClH/c1-26-6-8-28(9-7-26)13-16-10-15-11-18-14(12-19(15)27(16)2)4-3-5-17-21(18)25-23(30)20(22(17)29)24(31)32;/h10-12H,3-9,13H2,1-2H3,(H,31,32)(H2,25,29,30);1H. The number of piperazine rings is 1. The summed E-state index contributed by atoms with van der Waals surface area (Å²) in [6, 6.07) is 6.44. The van der Waals surface area contributed by atoms with Crippen LogP contribution in [0.1, 0.15) is 33.6 Å². The topological polar surface area (TPSA) is 102 Å². The van der Waals surface area contributed by atoms with Crippen LogP contribution in [0.25, 0.3) is 22.2 Å². The number of fused-ring (bicyclic) bond motifs is 4. The number of benzene rings is 1. The van der Waals surface area contributed by atoms with E-state index in [2.05, 4.69) is 51.6 Å². The molecular weight excluding hydrogens is 444 g/mol. The number of aromatic amines is 1. The molecule has 8 nitrogen and oxygen atoms in total. The lowest BCUT2D eigenvalue weighted by molar-refractivity contribution is 0.0691. The average molecular weight is 473 g/mol. The lowest BCUT2D eigenvalue weighted by Crippen LogP contribution is -2.44. The van der Waals surface area contributed by atoms with Crippen LogP contribution in [0.4, 0.5) is 0 Å². The van der Waals surface area contributed by atoms with E-state index in [1.165, 1.54) is 5.69 Å². The van der Waals surface area contributed by atoms with Crippen molar-refractivity contribution in [1.82, 2.24) is 19.4 Å². The zero-order valence-corrected chi connectivity index (χ0v) is 19.7. The zero-order chi connectivity index (χ0) is 22.6. The molecule has 5 rings (SSSR count). The van der Waals surface area contributed by atoms with Gasteiger partial charge in [-0.2, -0.15) is 0 Å². The third kappa shape index (κ3) is 4.03. The molecule has 1 fully saturated rings. The summed E-state index contributed by atoms with van der Waals surface area (Å²) in [4.78, 5) is 31.5. The number of nitrogens with zero attached hydrogens (tertiary/aromatic N) is 3. The van der Waals surface area contributed by atoms with E-state index in [1.807, 2.05) is 0 Å². The Labute approximate surface area is 197 Å². The Hall–Kier alpha value is -2.81. The Morgan fingerprint density at radius 2 is 1.82 bits per heavy atom. The van der Waals surface area contributed by atoms with Crippen LogP contribution < -0.4 is 5.56 Å². The van der Waals surface area contributed by atoms with Gasteiger partial charge in [-0.05, 0) is 50.1 Å². The SMILES string of the molecule is CN1CCN(Cc2cc3cc4c(cc3n2C)CCCc2c-4[nH]c(=O)c(C(=O)O)c2O)CC1.Cl. The number of hydrogen-bond acceptors (Lipinski definition) is 5. The lowest BCUT2D eigenvalue weighted by Gasteiger charge is -2.32. The summed E-state index contributed by atoms with van der Waals surface area (Å²) in [5.74, 6) is -1.82. The number of aromatic carboxylic acids is 1. The number of aromatic nitrogens is 2. The lowest BCUT2D eigenvalue weighted by atomic mass is 9.98. The number of pyridine rings is 1. The second kappa shape index (κ2) is 8.85. The Bertz CT molecular complexity index is 1290. The van der Waals surface area contributed by atoms with E-state index in [-0.39, 0.29) is 12.4 Å². The average Bonchev–Trinajstić information content (AvgIpc) is 2.93. The van der Waals surface area contributed by atoms with Gasteiger partial charge in [-0.25, -0.2) is 4.79 Å². The highest BCUT2D eigenvalue weighted by Crippen LogP contribution is 2.38. The number of nitrogens with one attached hydrogen (secondary N) is 1. The second-order valence-electron chi connectivity index (χ2n) is 9.03. The molecule has 3 N–H and O–H groups in total. The van der Waals surface area contributed by atoms with E-state index in [0.29, 0.717) is 17.7 Å². The van der Waals surface area contributed by atoms with Gasteiger partial charge in [0, 0.05) is 67.5 Å². The smallest absolute Gasteiger partial charge is 0.345 e. The number of hydrogen-bond donors (Lipinski definition) is 3. The van der Waals surface area contributed by atoms with Gasteiger partial charge in [0.1, 0.15) is 5.75 Å². The summed E-state index contributed by atoms with van der Waals surface area (Å²) < 4.78 is 2.24. The minimum Gasteiger partial charge on any atom is -0.506 e. The van der Waals surface area contributed by atoms with Gasteiger partial charge in [-0.15, -0.1) is 12.4 Å². The van der Waals surface area contributed by atoms with Crippen molar-refractivity contribution in [2.75, 3.05) is 33.2 Å². The third-order valence-electron chi connectivity index (χ3n) is 6.99. The second-order valence-corrected chi connectivity index (χ2v) is 9.03. The summed E-state index contributed by atoms with van der Waals surface area (Å²) in [6.45, 7) is 5.14. The first-order valence-electron chi connectivity index (χ1n) is 11.1. The van der Waals surface area contributed by atoms with Crippen LogP contribution in [0.2, 0.25) is 0 Å². The van der Waals surface area contributed by atoms with Crippen LogP contribution in [-0.2, 0) is 26.4 Å². The molecule has 0 radical (unpaired) electrons. The minimum atomic E-state index is -1.41. The molecule has 2 aliphatic rings. The van der Waals surface area contributed by atoms with Crippen molar-refractivity contribution in [3.8, 4) is 17.0 Å². The molecule has 176 valence electrons. The number of aryl methyl sites for hydroxylation is 2. The van der Waals surface area contributed by atoms with E-state index < -0.39 is 22.8 Å². The molecule has 0 bridgehead atoms. The molecule has 0 saturated carbocycles. The zero-order valence-electron chi connectivity index (χ0n) is 18.8. The van der Waals surface area contributed by atoms with Crippen LogP contribution >= 0.6 is 12.4 Å². The van der Waals surface area contributed by atoms with Gasteiger partial charge in [0.05, 0.1) is 5.69 Å². The van der Waals surface area contributed by atoms with Crippen molar-refractivity contribution in [3.05, 3.63) is 50.9 Å². The number of aromatic hydroxyl groups is 1. The summed E-state index contributed by atoms with van der Waals surface area (Å²) >= 11 is 0. The van der Waals surface area contributed by atoms with Gasteiger partial charge in [-0.3, -0.25) is 9.69 Å². The van der Waals surface area contributed by atoms with Crippen molar-refractivity contribution >= 4 is 29.3 Å². The number of carbonyl (C=O) groups is 1. The maximum atomic E-state index is 12.4. The van der Waals surface area contributed by atoms with Crippen LogP contribution in [0, 0.1) is 0 Å². The van der Waals surface area contributed by atoms with Crippen LogP contribution in [0.15, 0.2) is 23.0 Å². The fraction of sp³-hybridized carbons (Fsp3) is 0.417. The molecule has 1 aliphatic carbocycles. The largest absolute Gasteiger partial charge is 0.506 e. The summed E-state index contributed by atoms with van der Waals surface area (Å²) in [5, 5.41) is 21.0. The van der Waals surface area contributed by atoms with Crippen LogP contribution in [0.3, 0.4) is 0 Å². The molecule has 1 aliphatic heterocycles. The van der Waals surface area contributed by atoms with E-state index >= 15 is 0 Å².